The lowest BCUT2D eigenvalue weighted by atomic mass is 10.1. The van der Waals surface area contributed by atoms with Crippen LogP contribution in [0, 0.1) is 6.92 Å². The van der Waals surface area contributed by atoms with Crippen molar-refractivity contribution in [1.29, 1.82) is 0 Å². The largest absolute Gasteiger partial charge is 0.383 e. The molecule has 7 nitrogen and oxygen atoms in total. The van der Waals surface area contributed by atoms with Crippen LogP contribution in [0.2, 0.25) is 0 Å². The molecule has 37 heavy (non-hydrogen) atoms. The molecule has 4 rings (SSSR count). The van der Waals surface area contributed by atoms with Crippen LogP contribution in [0.25, 0.3) is 0 Å². The maximum Gasteiger partial charge on any atom is 0.254 e. The van der Waals surface area contributed by atoms with Crippen molar-refractivity contribution in [3.8, 4) is 0 Å². The van der Waals surface area contributed by atoms with E-state index in [2.05, 4.69) is 4.98 Å². The summed E-state index contributed by atoms with van der Waals surface area (Å²) in [4.78, 5) is 19.6. The molecule has 3 aromatic carbocycles. The van der Waals surface area contributed by atoms with E-state index in [1.807, 2.05) is 73.7 Å². The van der Waals surface area contributed by atoms with E-state index in [9.17, 15) is 13.2 Å². The first-order chi connectivity index (χ1) is 17.9. The molecule has 0 radical (unpaired) electrons. The SMILES string of the molecule is COCCN(Cc1cnc(S(=O)(=O)Cc2ccccc2)n1Cc1ccccc1)C(=O)c1ccccc1C. The number of imidazole rings is 1. The van der Waals surface area contributed by atoms with Gasteiger partial charge in [0.15, 0.2) is 0 Å². The minimum Gasteiger partial charge on any atom is -0.383 e. The molecule has 4 aromatic rings. The Morgan fingerprint density at radius 1 is 0.919 bits per heavy atom. The molecular formula is C29H31N3O4S. The van der Waals surface area contributed by atoms with E-state index in [0.717, 1.165) is 11.1 Å². The molecule has 0 unspecified atom stereocenters. The Morgan fingerprint density at radius 2 is 1.54 bits per heavy atom. The van der Waals surface area contributed by atoms with Crippen LogP contribution in [-0.2, 0) is 33.4 Å². The van der Waals surface area contributed by atoms with Crippen LogP contribution in [0.3, 0.4) is 0 Å². The summed E-state index contributed by atoms with van der Waals surface area (Å²) in [5.41, 5.74) is 3.73. The molecule has 0 saturated carbocycles. The topological polar surface area (TPSA) is 81.5 Å². The maximum atomic E-state index is 13.5. The van der Waals surface area contributed by atoms with Gasteiger partial charge in [-0.15, -0.1) is 0 Å². The molecule has 1 aromatic heterocycles. The number of aromatic nitrogens is 2. The number of hydrogen-bond donors (Lipinski definition) is 0. The predicted molar refractivity (Wildman–Crippen MR) is 143 cm³/mol. The minimum atomic E-state index is -3.75. The highest BCUT2D eigenvalue weighted by Gasteiger charge is 2.26. The number of carbonyl (C=O) groups excluding carboxylic acids is 1. The van der Waals surface area contributed by atoms with E-state index in [-0.39, 0.29) is 23.4 Å². The number of benzene rings is 3. The minimum absolute atomic E-state index is 0.00904. The number of aryl methyl sites for hydroxylation is 1. The molecule has 0 aliphatic heterocycles. The van der Waals surface area contributed by atoms with Gasteiger partial charge in [0.25, 0.3) is 5.91 Å². The Kier molecular flexibility index (Phi) is 8.53. The fraction of sp³-hybridized carbons (Fsp3) is 0.241. The summed E-state index contributed by atoms with van der Waals surface area (Å²) >= 11 is 0. The number of methoxy groups -OCH3 is 1. The zero-order chi connectivity index (χ0) is 26.3. The highest BCUT2D eigenvalue weighted by molar-refractivity contribution is 7.90. The Morgan fingerprint density at radius 3 is 2.19 bits per heavy atom. The smallest absolute Gasteiger partial charge is 0.254 e. The van der Waals surface area contributed by atoms with Gasteiger partial charge in [-0.25, -0.2) is 13.4 Å². The quantitative estimate of drug-likeness (QED) is 0.293. The van der Waals surface area contributed by atoms with Gasteiger partial charge in [0, 0.05) is 19.2 Å². The van der Waals surface area contributed by atoms with Crippen molar-refractivity contribution in [2.75, 3.05) is 20.3 Å². The van der Waals surface area contributed by atoms with E-state index >= 15 is 0 Å². The van der Waals surface area contributed by atoms with E-state index in [1.165, 1.54) is 0 Å². The van der Waals surface area contributed by atoms with Gasteiger partial charge in [-0.3, -0.25) is 4.79 Å². The van der Waals surface area contributed by atoms with Gasteiger partial charge in [-0.2, -0.15) is 0 Å². The highest BCUT2D eigenvalue weighted by atomic mass is 32.2. The first kappa shape index (κ1) is 26.3. The molecule has 0 atom stereocenters. The van der Waals surface area contributed by atoms with Gasteiger partial charge in [0.05, 0.1) is 37.3 Å². The third kappa shape index (κ3) is 6.53. The Bertz CT molecular complexity index is 1430. The van der Waals surface area contributed by atoms with E-state index in [1.54, 1.807) is 41.0 Å². The molecular weight excluding hydrogens is 486 g/mol. The van der Waals surface area contributed by atoms with Crippen molar-refractivity contribution in [2.45, 2.75) is 30.9 Å². The summed E-state index contributed by atoms with van der Waals surface area (Å²) in [7, 11) is -2.16. The summed E-state index contributed by atoms with van der Waals surface area (Å²) in [5, 5.41) is -0.00904. The standard InChI is InChI=1S/C29H31N3O4S/c1-23-11-9-10-16-27(23)28(33)31(17-18-36-2)21-26-19-30-29(32(26)20-24-12-5-3-6-13-24)37(34,35)22-25-14-7-4-8-15-25/h3-16,19H,17-18,20-22H2,1-2H3. The van der Waals surface area contributed by atoms with Gasteiger partial charge in [0.1, 0.15) is 0 Å². The fourth-order valence-corrected chi connectivity index (χ4v) is 5.68. The van der Waals surface area contributed by atoms with Crippen LogP contribution in [0.5, 0.6) is 0 Å². The lowest BCUT2D eigenvalue weighted by Crippen LogP contribution is -2.34. The highest BCUT2D eigenvalue weighted by Crippen LogP contribution is 2.21. The van der Waals surface area contributed by atoms with Crippen LogP contribution in [0.4, 0.5) is 0 Å². The maximum absolute atomic E-state index is 13.5. The van der Waals surface area contributed by atoms with Crippen LogP contribution in [-0.4, -0.2) is 49.0 Å². The Hall–Kier alpha value is -3.75. The third-order valence-corrected chi connectivity index (χ3v) is 7.74. The molecule has 0 aliphatic carbocycles. The van der Waals surface area contributed by atoms with Crippen LogP contribution >= 0.6 is 0 Å². The first-order valence-electron chi connectivity index (χ1n) is 12.1. The number of amides is 1. The molecule has 8 heteroatoms. The van der Waals surface area contributed by atoms with Crippen LogP contribution in [0.15, 0.2) is 96.3 Å². The average Bonchev–Trinajstić information content (AvgIpc) is 3.30. The summed E-state index contributed by atoms with van der Waals surface area (Å²) in [6, 6.07) is 26.1. The molecule has 0 fully saturated rings. The van der Waals surface area contributed by atoms with Crippen molar-refractivity contribution in [2.24, 2.45) is 0 Å². The van der Waals surface area contributed by atoms with E-state index < -0.39 is 9.84 Å². The number of nitrogens with zero attached hydrogens (tertiary/aromatic N) is 3. The van der Waals surface area contributed by atoms with Crippen molar-refractivity contribution in [3.05, 3.63) is 119 Å². The molecule has 0 aliphatic rings. The number of carbonyl (C=O) groups is 1. The zero-order valence-electron chi connectivity index (χ0n) is 21.1. The fourth-order valence-electron chi connectivity index (χ4n) is 4.19. The molecule has 1 amide bonds. The Balaban J connectivity index is 1.72. The molecule has 1 heterocycles. The normalized spacial score (nSPS) is 11.4. The van der Waals surface area contributed by atoms with Crippen molar-refractivity contribution in [3.63, 3.8) is 0 Å². The average molecular weight is 518 g/mol. The zero-order valence-corrected chi connectivity index (χ0v) is 21.9. The summed E-state index contributed by atoms with van der Waals surface area (Å²) in [6.07, 6.45) is 1.56. The van der Waals surface area contributed by atoms with Gasteiger partial charge < -0.3 is 14.2 Å². The predicted octanol–water partition coefficient (Wildman–Crippen LogP) is 4.50. The van der Waals surface area contributed by atoms with Gasteiger partial charge in [0.2, 0.25) is 15.0 Å². The number of hydrogen-bond acceptors (Lipinski definition) is 5. The summed E-state index contributed by atoms with van der Waals surface area (Å²) in [6.45, 7) is 3.11. The first-order valence-corrected chi connectivity index (χ1v) is 13.7. The van der Waals surface area contributed by atoms with Gasteiger partial charge in [-0.1, -0.05) is 78.9 Å². The monoisotopic (exact) mass is 517 g/mol. The second kappa shape index (κ2) is 12.0. The molecule has 0 bridgehead atoms. The summed E-state index contributed by atoms with van der Waals surface area (Å²) < 4.78 is 34.0. The van der Waals surface area contributed by atoms with E-state index in [0.29, 0.717) is 36.5 Å². The number of ether oxygens (including phenoxy) is 1. The number of sulfone groups is 1. The lowest BCUT2D eigenvalue weighted by Gasteiger charge is -2.24. The third-order valence-electron chi connectivity index (χ3n) is 6.14. The second-order valence-corrected chi connectivity index (χ2v) is 10.8. The molecule has 0 spiro atoms. The Labute approximate surface area is 218 Å². The summed E-state index contributed by atoms with van der Waals surface area (Å²) in [5.74, 6) is -0.300. The number of rotatable bonds is 11. The van der Waals surface area contributed by atoms with Crippen molar-refractivity contribution >= 4 is 15.7 Å². The van der Waals surface area contributed by atoms with Crippen molar-refractivity contribution in [1.82, 2.24) is 14.5 Å². The second-order valence-electron chi connectivity index (χ2n) is 8.88. The van der Waals surface area contributed by atoms with Crippen LogP contribution < -0.4 is 0 Å². The van der Waals surface area contributed by atoms with Crippen LogP contribution in [0.1, 0.15) is 32.7 Å². The van der Waals surface area contributed by atoms with E-state index in [4.69, 9.17) is 4.74 Å². The lowest BCUT2D eigenvalue weighted by molar-refractivity contribution is 0.0675. The molecule has 192 valence electrons. The van der Waals surface area contributed by atoms with Gasteiger partial charge in [-0.05, 0) is 29.7 Å². The molecule has 0 saturated heterocycles. The van der Waals surface area contributed by atoms with Crippen molar-refractivity contribution < 1.29 is 17.9 Å². The van der Waals surface area contributed by atoms with Gasteiger partial charge >= 0.3 is 0 Å². The molecule has 0 N–H and O–H groups in total.